The molecule has 0 saturated carbocycles. The van der Waals surface area contributed by atoms with E-state index >= 15 is 0 Å². The number of ether oxygens (including phenoxy) is 1. The summed E-state index contributed by atoms with van der Waals surface area (Å²) in [7, 11) is 0. The van der Waals surface area contributed by atoms with E-state index in [0.717, 1.165) is 27.8 Å². The van der Waals surface area contributed by atoms with Crippen molar-refractivity contribution in [3.63, 3.8) is 0 Å². The molecule has 0 spiro atoms. The van der Waals surface area contributed by atoms with Crippen molar-refractivity contribution in [2.24, 2.45) is 0 Å². The summed E-state index contributed by atoms with van der Waals surface area (Å²) in [5, 5.41) is 4.01. The molecule has 0 bridgehead atoms. The third-order valence-electron chi connectivity index (χ3n) is 3.22. The van der Waals surface area contributed by atoms with Crippen molar-refractivity contribution in [2.75, 3.05) is 0 Å². The van der Waals surface area contributed by atoms with Crippen LogP contribution < -0.4 is 4.74 Å². The molecule has 106 valence electrons. The molecular weight excluding hydrogens is 371 g/mol. The smallest absolute Gasteiger partial charge is 0.135 e. The SMILES string of the molecule is Clc1ccc(CBr)c(Oc2ccc(Cl)c3ccccc23)c1. The molecule has 0 N–H and O–H groups in total. The van der Waals surface area contributed by atoms with Gasteiger partial charge in [0.05, 0.1) is 0 Å². The van der Waals surface area contributed by atoms with E-state index in [9.17, 15) is 0 Å². The second kappa shape index (κ2) is 6.27. The molecule has 0 amide bonds. The topological polar surface area (TPSA) is 9.23 Å². The standard InChI is InChI=1S/C17H11BrCl2O/c18-10-11-5-6-12(19)9-17(11)21-16-8-7-15(20)13-3-1-2-4-14(13)16/h1-9H,10H2. The van der Waals surface area contributed by atoms with Crippen LogP contribution in [0.4, 0.5) is 0 Å². The van der Waals surface area contributed by atoms with Crippen molar-refractivity contribution in [3.05, 3.63) is 70.2 Å². The lowest BCUT2D eigenvalue weighted by Crippen LogP contribution is -1.91. The number of hydrogen-bond donors (Lipinski definition) is 0. The first-order chi connectivity index (χ1) is 10.2. The highest BCUT2D eigenvalue weighted by Crippen LogP contribution is 2.36. The minimum absolute atomic E-state index is 0.646. The second-order valence-electron chi connectivity index (χ2n) is 4.58. The molecule has 3 aromatic rings. The molecule has 3 aromatic carbocycles. The van der Waals surface area contributed by atoms with E-state index in [1.807, 2.05) is 54.6 Å². The molecule has 0 fully saturated rings. The third-order valence-corrected chi connectivity index (χ3v) is 4.39. The molecule has 0 heterocycles. The van der Waals surface area contributed by atoms with Gasteiger partial charge in [0, 0.05) is 31.7 Å². The van der Waals surface area contributed by atoms with E-state index in [-0.39, 0.29) is 0 Å². The number of fused-ring (bicyclic) bond motifs is 1. The van der Waals surface area contributed by atoms with E-state index in [0.29, 0.717) is 15.4 Å². The molecule has 0 atom stereocenters. The largest absolute Gasteiger partial charge is 0.456 e. The Hall–Kier alpha value is -1.22. The maximum atomic E-state index is 6.23. The van der Waals surface area contributed by atoms with Crippen LogP contribution >= 0.6 is 39.1 Å². The number of rotatable bonds is 3. The first kappa shape index (κ1) is 14.7. The second-order valence-corrected chi connectivity index (χ2v) is 5.98. The summed E-state index contributed by atoms with van der Waals surface area (Å²) >= 11 is 15.8. The molecule has 0 aliphatic rings. The summed E-state index contributed by atoms with van der Waals surface area (Å²) in [6.45, 7) is 0. The average molecular weight is 382 g/mol. The fraction of sp³-hybridized carbons (Fsp3) is 0.0588. The Morgan fingerprint density at radius 2 is 1.62 bits per heavy atom. The van der Waals surface area contributed by atoms with Gasteiger partial charge in [-0.05, 0) is 24.3 Å². The van der Waals surface area contributed by atoms with Crippen LogP contribution in [0.1, 0.15) is 5.56 Å². The first-order valence-corrected chi connectivity index (χ1v) is 8.26. The van der Waals surface area contributed by atoms with Crippen LogP contribution in [-0.4, -0.2) is 0 Å². The summed E-state index contributed by atoms with van der Waals surface area (Å²) in [6, 6.07) is 17.2. The van der Waals surface area contributed by atoms with Crippen molar-refractivity contribution >= 4 is 49.9 Å². The van der Waals surface area contributed by atoms with Gasteiger partial charge in [0.1, 0.15) is 11.5 Å². The lowest BCUT2D eigenvalue weighted by atomic mass is 10.1. The highest BCUT2D eigenvalue weighted by molar-refractivity contribution is 9.08. The van der Waals surface area contributed by atoms with Crippen LogP contribution in [0.2, 0.25) is 10.0 Å². The maximum absolute atomic E-state index is 6.23. The predicted molar refractivity (Wildman–Crippen MR) is 93.1 cm³/mol. The van der Waals surface area contributed by atoms with Gasteiger partial charge in [-0.15, -0.1) is 0 Å². The monoisotopic (exact) mass is 380 g/mol. The van der Waals surface area contributed by atoms with Crippen molar-refractivity contribution in [1.29, 1.82) is 0 Å². The van der Waals surface area contributed by atoms with Crippen molar-refractivity contribution < 1.29 is 4.74 Å². The van der Waals surface area contributed by atoms with Crippen molar-refractivity contribution in [3.8, 4) is 11.5 Å². The zero-order chi connectivity index (χ0) is 14.8. The van der Waals surface area contributed by atoms with E-state index < -0.39 is 0 Å². The van der Waals surface area contributed by atoms with Crippen molar-refractivity contribution in [1.82, 2.24) is 0 Å². The fourth-order valence-electron chi connectivity index (χ4n) is 2.18. The Morgan fingerprint density at radius 1 is 0.857 bits per heavy atom. The number of benzene rings is 3. The summed E-state index contributed by atoms with van der Waals surface area (Å²) in [4.78, 5) is 0. The molecule has 0 unspecified atom stereocenters. The first-order valence-electron chi connectivity index (χ1n) is 6.38. The van der Waals surface area contributed by atoms with Crippen LogP contribution in [0.25, 0.3) is 10.8 Å². The lowest BCUT2D eigenvalue weighted by Gasteiger charge is -2.13. The van der Waals surface area contributed by atoms with Crippen LogP contribution in [-0.2, 0) is 5.33 Å². The zero-order valence-corrected chi connectivity index (χ0v) is 14.0. The van der Waals surface area contributed by atoms with Gasteiger partial charge in [-0.1, -0.05) is 69.5 Å². The Balaban J connectivity index is 2.11. The molecule has 21 heavy (non-hydrogen) atoms. The number of alkyl halides is 1. The molecule has 4 heteroatoms. The van der Waals surface area contributed by atoms with Gasteiger partial charge in [-0.25, -0.2) is 0 Å². The molecule has 0 aromatic heterocycles. The number of hydrogen-bond acceptors (Lipinski definition) is 1. The molecule has 1 nitrogen and oxygen atoms in total. The van der Waals surface area contributed by atoms with E-state index in [4.69, 9.17) is 27.9 Å². The molecular formula is C17H11BrCl2O. The van der Waals surface area contributed by atoms with E-state index in [2.05, 4.69) is 15.9 Å². The van der Waals surface area contributed by atoms with Crippen LogP contribution in [0.3, 0.4) is 0 Å². The summed E-state index contributed by atoms with van der Waals surface area (Å²) < 4.78 is 6.08. The molecule has 0 radical (unpaired) electrons. The predicted octanol–water partition coefficient (Wildman–Crippen LogP) is 6.83. The van der Waals surface area contributed by atoms with Crippen molar-refractivity contribution in [2.45, 2.75) is 5.33 Å². The summed E-state index contributed by atoms with van der Waals surface area (Å²) in [5.41, 5.74) is 1.04. The molecule has 3 rings (SSSR count). The zero-order valence-electron chi connectivity index (χ0n) is 10.9. The highest BCUT2D eigenvalue weighted by atomic mass is 79.9. The quantitative estimate of drug-likeness (QED) is 0.451. The highest BCUT2D eigenvalue weighted by Gasteiger charge is 2.09. The minimum Gasteiger partial charge on any atom is -0.456 e. The van der Waals surface area contributed by atoms with E-state index in [1.54, 1.807) is 0 Å². The van der Waals surface area contributed by atoms with Gasteiger partial charge in [0.25, 0.3) is 0 Å². The molecule has 0 saturated heterocycles. The third kappa shape index (κ3) is 3.03. The Morgan fingerprint density at radius 3 is 2.38 bits per heavy atom. The Kier molecular flexibility index (Phi) is 4.39. The van der Waals surface area contributed by atoms with Gasteiger partial charge in [0.15, 0.2) is 0 Å². The summed E-state index contributed by atoms with van der Waals surface area (Å²) in [5.74, 6) is 1.51. The van der Waals surface area contributed by atoms with Gasteiger partial charge in [-0.3, -0.25) is 0 Å². The van der Waals surface area contributed by atoms with Crippen LogP contribution in [0, 0.1) is 0 Å². The fourth-order valence-corrected chi connectivity index (χ4v) is 3.03. The molecule has 0 aliphatic carbocycles. The maximum Gasteiger partial charge on any atom is 0.135 e. The molecule has 0 aliphatic heterocycles. The van der Waals surface area contributed by atoms with Crippen LogP contribution in [0.5, 0.6) is 11.5 Å². The van der Waals surface area contributed by atoms with Gasteiger partial charge in [0.2, 0.25) is 0 Å². The minimum atomic E-state index is 0.646. The van der Waals surface area contributed by atoms with Gasteiger partial charge < -0.3 is 4.74 Å². The number of halogens is 3. The van der Waals surface area contributed by atoms with Gasteiger partial charge in [-0.2, -0.15) is 0 Å². The Labute approximate surface area is 141 Å². The van der Waals surface area contributed by atoms with E-state index in [1.165, 1.54) is 0 Å². The summed E-state index contributed by atoms with van der Waals surface area (Å²) in [6.07, 6.45) is 0. The Bertz CT molecular complexity index is 802. The van der Waals surface area contributed by atoms with Crippen LogP contribution in [0.15, 0.2) is 54.6 Å². The average Bonchev–Trinajstić information content (AvgIpc) is 2.51. The van der Waals surface area contributed by atoms with Gasteiger partial charge >= 0.3 is 0 Å². The lowest BCUT2D eigenvalue weighted by molar-refractivity contribution is 0.484. The normalized spacial score (nSPS) is 10.8.